The van der Waals surface area contributed by atoms with Crippen LogP contribution in [-0.4, -0.2) is 50.5 Å². The van der Waals surface area contributed by atoms with Gasteiger partial charge in [0.2, 0.25) is 0 Å². The number of ketones is 2. The first-order chi connectivity index (χ1) is 12.1. The molecule has 0 radical (unpaired) electrons. The van der Waals surface area contributed by atoms with Gasteiger partial charge in [0.15, 0.2) is 5.78 Å². The molecule has 0 aliphatic heterocycles. The maximum absolute atomic E-state index is 12.8. The molecule has 3 aliphatic carbocycles. The summed E-state index contributed by atoms with van der Waals surface area (Å²) >= 11 is 3.55. The van der Waals surface area contributed by atoms with E-state index < -0.39 is 23.5 Å². The van der Waals surface area contributed by atoms with Crippen LogP contribution >= 0.6 is 15.9 Å². The number of hydrogen-bond donors (Lipinski definition) is 3. The zero-order chi connectivity index (χ0) is 19.3. The van der Waals surface area contributed by atoms with Gasteiger partial charge in [0.1, 0.15) is 11.9 Å². The van der Waals surface area contributed by atoms with Crippen molar-refractivity contribution < 1.29 is 24.9 Å². The van der Waals surface area contributed by atoms with E-state index in [9.17, 15) is 24.9 Å². The summed E-state index contributed by atoms with van der Waals surface area (Å²) in [5.41, 5.74) is -0.318. The second kappa shape index (κ2) is 7.12. The Kier molecular flexibility index (Phi) is 5.52. The Morgan fingerprint density at radius 3 is 2.54 bits per heavy atom. The largest absolute Gasteiger partial charge is 0.395 e. The minimum absolute atomic E-state index is 0.00196. The molecule has 6 heteroatoms. The maximum atomic E-state index is 12.8. The number of rotatable bonds is 2. The van der Waals surface area contributed by atoms with Gasteiger partial charge in [-0.1, -0.05) is 41.4 Å². The predicted octanol–water partition coefficient (Wildman–Crippen LogP) is 2.16. The zero-order valence-electron chi connectivity index (χ0n) is 15.4. The number of carbonyl (C=O) groups excluding carboxylic acids is 2. The van der Waals surface area contributed by atoms with Crippen LogP contribution < -0.4 is 0 Å². The number of hydrogen-bond acceptors (Lipinski definition) is 5. The average Bonchev–Trinajstić information content (AvgIpc) is 2.62. The van der Waals surface area contributed by atoms with Crippen molar-refractivity contribution in [3.05, 3.63) is 11.6 Å². The van der Waals surface area contributed by atoms with Gasteiger partial charge < -0.3 is 15.3 Å². The smallest absolute Gasteiger partial charge is 0.162 e. The highest BCUT2D eigenvalue weighted by Gasteiger charge is 2.58. The van der Waals surface area contributed by atoms with Crippen molar-refractivity contribution in [3.8, 4) is 0 Å². The summed E-state index contributed by atoms with van der Waals surface area (Å²) < 4.78 is 0. The highest BCUT2D eigenvalue weighted by molar-refractivity contribution is 9.09. The van der Waals surface area contributed by atoms with E-state index in [0.717, 1.165) is 5.57 Å². The number of fused-ring (bicyclic) bond motifs is 3. The van der Waals surface area contributed by atoms with Crippen LogP contribution in [0, 0.1) is 22.7 Å². The van der Waals surface area contributed by atoms with Crippen molar-refractivity contribution in [1.82, 2.24) is 0 Å². The van der Waals surface area contributed by atoms with Crippen molar-refractivity contribution in [1.29, 1.82) is 0 Å². The monoisotopic (exact) mass is 428 g/mol. The first-order valence-corrected chi connectivity index (χ1v) is 10.4. The molecule has 3 aliphatic rings. The van der Waals surface area contributed by atoms with E-state index in [4.69, 9.17) is 0 Å². The van der Waals surface area contributed by atoms with Crippen LogP contribution in [-0.2, 0) is 9.59 Å². The van der Waals surface area contributed by atoms with E-state index in [1.165, 1.54) is 0 Å². The lowest BCUT2D eigenvalue weighted by atomic mass is 9.50. The molecule has 146 valence electrons. The Bertz CT molecular complexity index is 632. The third-order valence-corrected chi connectivity index (χ3v) is 8.58. The van der Waals surface area contributed by atoms with Crippen LogP contribution in [0.15, 0.2) is 11.6 Å². The number of allylic oxidation sites excluding steroid dienone is 1. The molecule has 0 amide bonds. The molecule has 2 fully saturated rings. The first kappa shape index (κ1) is 20.2. The van der Waals surface area contributed by atoms with Crippen molar-refractivity contribution in [2.45, 2.75) is 69.4 Å². The number of carbonyl (C=O) groups is 2. The summed E-state index contributed by atoms with van der Waals surface area (Å²) in [5, 5.41) is 31.3. The Morgan fingerprint density at radius 1 is 1.23 bits per heavy atom. The summed E-state index contributed by atoms with van der Waals surface area (Å²) in [7, 11) is 0. The van der Waals surface area contributed by atoms with E-state index in [2.05, 4.69) is 22.9 Å². The average molecular weight is 429 g/mol. The van der Waals surface area contributed by atoms with Crippen LogP contribution in [0.3, 0.4) is 0 Å². The summed E-state index contributed by atoms with van der Waals surface area (Å²) in [6.07, 6.45) is 2.75. The lowest BCUT2D eigenvalue weighted by molar-refractivity contribution is -0.148. The van der Waals surface area contributed by atoms with Gasteiger partial charge in [-0.15, -0.1) is 0 Å². The molecule has 2 saturated carbocycles. The first-order valence-electron chi connectivity index (χ1n) is 9.52. The maximum Gasteiger partial charge on any atom is 0.162 e. The molecular formula is C20H29BrO5. The number of halogens is 1. The molecule has 0 spiro atoms. The lowest BCUT2D eigenvalue weighted by Gasteiger charge is -2.55. The van der Waals surface area contributed by atoms with Crippen molar-refractivity contribution in [2.24, 2.45) is 22.7 Å². The fraction of sp³-hybridized carbons (Fsp3) is 0.800. The number of Topliss-reactive ketones (excluding diaryl/α,β-unsaturated/α-hetero) is 2. The van der Waals surface area contributed by atoms with Gasteiger partial charge in [-0.2, -0.15) is 0 Å². The molecule has 26 heavy (non-hydrogen) atoms. The molecule has 3 rings (SSSR count). The summed E-state index contributed by atoms with van der Waals surface area (Å²) in [6, 6.07) is 0. The molecule has 7 atom stereocenters. The summed E-state index contributed by atoms with van der Waals surface area (Å²) in [5.74, 6) is -0.903. The highest BCUT2D eigenvalue weighted by atomic mass is 79.9. The van der Waals surface area contributed by atoms with Gasteiger partial charge >= 0.3 is 0 Å². The lowest BCUT2D eigenvalue weighted by Crippen LogP contribution is -2.57. The zero-order valence-corrected chi connectivity index (χ0v) is 17.0. The van der Waals surface area contributed by atoms with Crippen molar-refractivity contribution in [3.63, 3.8) is 0 Å². The third-order valence-electron chi connectivity index (χ3n) is 7.19. The van der Waals surface area contributed by atoms with Crippen LogP contribution in [0.2, 0.25) is 0 Å². The fourth-order valence-electron chi connectivity index (χ4n) is 5.38. The van der Waals surface area contributed by atoms with Gasteiger partial charge in [-0.05, 0) is 31.1 Å². The standard InChI is InChI=1S/C20H29BrO5/c1-19(17(21)10-22)7-6-12-11(9-19)16(25)8-13-14(23)4-3-5-15(24)18(26)20(12,13)2/h6,11,13,16-18,22,25-26H,3-5,7-10H2,1-2H3/t11-,13-,16-,17+,18-,19+,20+/m0/s1. The Balaban J connectivity index is 2.06. The Morgan fingerprint density at radius 2 is 1.88 bits per heavy atom. The van der Waals surface area contributed by atoms with E-state index in [-0.39, 0.29) is 47.2 Å². The molecule has 3 N–H and O–H groups in total. The van der Waals surface area contributed by atoms with Crippen LogP contribution in [0.4, 0.5) is 0 Å². The molecule has 0 heterocycles. The quantitative estimate of drug-likeness (QED) is 0.462. The summed E-state index contributed by atoms with van der Waals surface area (Å²) in [6.45, 7) is 3.90. The molecule has 0 aromatic heterocycles. The highest BCUT2D eigenvalue weighted by Crippen LogP contribution is 2.58. The van der Waals surface area contributed by atoms with Gasteiger partial charge in [0.25, 0.3) is 0 Å². The van der Waals surface area contributed by atoms with E-state index in [1.807, 2.05) is 13.0 Å². The van der Waals surface area contributed by atoms with Crippen LogP contribution in [0.5, 0.6) is 0 Å². The second-order valence-electron chi connectivity index (χ2n) is 8.81. The molecule has 0 unspecified atom stereocenters. The third kappa shape index (κ3) is 3.03. The molecule has 5 nitrogen and oxygen atoms in total. The second-order valence-corrected chi connectivity index (χ2v) is 9.91. The van der Waals surface area contributed by atoms with Crippen molar-refractivity contribution >= 4 is 27.5 Å². The molecular weight excluding hydrogens is 400 g/mol. The van der Waals surface area contributed by atoms with Gasteiger partial charge in [0.05, 0.1) is 12.7 Å². The van der Waals surface area contributed by atoms with E-state index in [1.54, 1.807) is 0 Å². The fourth-order valence-corrected chi connectivity index (χ4v) is 5.75. The van der Waals surface area contributed by atoms with Gasteiger partial charge in [-0.3, -0.25) is 9.59 Å². The molecule has 0 aromatic carbocycles. The van der Waals surface area contributed by atoms with Gasteiger partial charge in [-0.25, -0.2) is 0 Å². The number of aliphatic hydroxyl groups is 3. The SMILES string of the molecule is C[C@@]1([C@H](Br)CO)CC=C2[C@H](C1)[C@@H](O)C[C@H]1C(=O)CCCC(=O)[C@H](O)[C@]21C. The molecule has 0 bridgehead atoms. The van der Waals surface area contributed by atoms with E-state index >= 15 is 0 Å². The minimum atomic E-state index is -1.21. The predicted molar refractivity (Wildman–Crippen MR) is 101 cm³/mol. The topological polar surface area (TPSA) is 94.8 Å². The normalized spacial score (nSPS) is 45.1. The van der Waals surface area contributed by atoms with Gasteiger partial charge in [0, 0.05) is 34.9 Å². The minimum Gasteiger partial charge on any atom is -0.395 e. The van der Waals surface area contributed by atoms with Crippen LogP contribution in [0.1, 0.15) is 52.4 Å². The summed E-state index contributed by atoms with van der Waals surface area (Å²) in [4.78, 5) is 25.1. The molecule has 0 saturated heterocycles. The Hall–Kier alpha value is -0.560. The van der Waals surface area contributed by atoms with Crippen LogP contribution in [0.25, 0.3) is 0 Å². The number of aliphatic hydroxyl groups excluding tert-OH is 3. The molecule has 0 aromatic rings. The van der Waals surface area contributed by atoms with E-state index in [0.29, 0.717) is 25.7 Å². The van der Waals surface area contributed by atoms with Crippen molar-refractivity contribution in [2.75, 3.05) is 6.61 Å². The number of alkyl halides is 1. The Labute approximate surface area is 163 Å².